The molecule has 0 N–H and O–H groups in total. The highest BCUT2D eigenvalue weighted by molar-refractivity contribution is 7.90. The van der Waals surface area contributed by atoms with Gasteiger partial charge in [-0.1, -0.05) is 29.5 Å². The maximum Gasteiger partial charge on any atom is 0.285 e. The molecule has 0 amide bonds. The van der Waals surface area contributed by atoms with Crippen molar-refractivity contribution in [1.82, 2.24) is 4.57 Å². The minimum absolute atomic E-state index is 0.0375. The SMILES string of the molecule is CCn1c(=NS(=O)(=O)c2ccccc2)sc2cc([N+](=O)[O-])ccc21. The van der Waals surface area contributed by atoms with Gasteiger partial charge in [-0.25, -0.2) is 0 Å². The Morgan fingerprint density at radius 1 is 1.21 bits per heavy atom. The normalized spacial score (nSPS) is 12.6. The zero-order valence-corrected chi connectivity index (χ0v) is 14.3. The molecule has 0 saturated heterocycles. The monoisotopic (exact) mass is 363 g/mol. The molecule has 3 aromatic rings. The number of rotatable bonds is 4. The standard InChI is InChI=1S/C15H13N3O4S2/c1-2-17-13-9-8-11(18(19)20)10-14(13)23-15(17)16-24(21,22)12-6-4-3-5-7-12/h3-10H,2H2,1H3. The van der Waals surface area contributed by atoms with Gasteiger partial charge in [0.1, 0.15) is 0 Å². The van der Waals surface area contributed by atoms with Crippen LogP contribution in [0.4, 0.5) is 5.69 Å². The van der Waals surface area contributed by atoms with Crippen LogP contribution in [0.2, 0.25) is 0 Å². The molecule has 0 unspecified atom stereocenters. The van der Waals surface area contributed by atoms with Crippen LogP contribution in [0.1, 0.15) is 6.92 Å². The second kappa shape index (κ2) is 6.17. The van der Waals surface area contributed by atoms with Crippen molar-refractivity contribution >= 4 is 37.3 Å². The Morgan fingerprint density at radius 3 is 2.54 bits per heavy atom. The Hall–Kier alpha value is -2.52. The molecule has 0 bridgehead atoms. The number of aryl methyl sites for hydroxylation is 1. The van der Waals surface area contributed by atoms with Crippen LogP contribution in [0, 0.1) is 10.1 Å². The molecule has 0 fully saturated rings. The molecule has 9 heteroatoms. The number of hydrogen-bond donors (Lipinski definition) is 0. The first kappa shape index (κ1) is 16.3. The van der Waals surface area contributed by atoms with Crippen LogP contribution in [0.5, 0.6) is 0 Å². The van der Waals surface area contributed by atoms with E-state index in [-0.39, 0.29) is 15.4 Å². The molecular formula is C15H13N3O4S2. The van der Waals surface area contributed by atoms with Crippen LogP contribution in [0.15, 0.2) is 57.8 Å². The average Bonchev–Trinajstić information content (AvgIpc) is 2.90. The molecule has 0 aliphatic heterocycles. The highest BCUT2D eigenvalue weighted by Crippen LogP contribution is 2.23. The summed E-state index contributed by atoms with van der Waals surface area (Å²) < 4.78 is 31.2. The van der Waals surface area contributed by atoms with E-state index < -0.39 is 14.9 Å². The molecule has 0 saturated carbocycles. The third kappa shape index (κ3) is 2.95. The molecule has 7 nitrogen and oxygen atoms in total. The first-order valence-electron chi connectivity index (χ1n) is 7.06. The van der Waals surface area contributed by atoms with Gasteiger partial charge >= 0.3 is 0 Å². The topological polar surface area (TPSA) is 94.6 Å². The lowest BCUT2D eigenvalue weighted by molar-refractivity contribution is -0.384. The van der Waals surface area contributed by atoms with Crippen LogP contribution in [-0.2, 0) is 16.6 Å². The largest absolute Gasteiger partial charge is 0.316 e. The first-order chi connectivity index (χ1) is 11.4. The summed E-state index contributed by atoms with van der Waals surface area (Å²) in [6.45, 7) is 2.36. The van der Waals surface area contributed by atoms with Gasteiger partial charge < -0.3 is 4.57 Å². The number of thiazole rings is 1. The summed E-state index contributed by atoms with van der Waals surface area (Å²) in [5, 5.41) is 10.9. The second-order valence-corrected chi connectivity index (χ2v) is 7.53. The summed E-state index contributed by atoms with van der Waals surface area (Å²) in [4.78, 5) is 10.8. The molecule has 3 rings (SSSR count). The van der Waals surface area contributed by atoms with E-state index >= 15 is 0 Å². The van der Waals surface area contributed by atoms with Crippen LogP contribution < -0.4 is 4.80 Å². The maximum absolute atomic E-state index is 12.4. The third-order valence-electron chi connectivity index (χ3n) is 3.43. The van der Waals surface area contributed by atoms with E-state index in [9.17, 15) is 18.5 Å². The molecule has 124 valence electrons. The van der Waals surface area contributed by atoms with Crippen LogP contribution in [-0.4, -0.2) is 17.9 Å². The number of sulfonamides is 1. The summed E-state index contributed by atoms with van der Waals surface area (Å²) in [5.41, 5.74) is 0.680. The summed E-state index contributed by atoms with van der Waals surface area (Å²) in [6.07, 6.45) is 0. The van der Waals surface area contributed by atoms with Gasteiger partial charge in [0, 0.05) is 18.7 Å². The molecule has 0 radical (unpaired) electrons. The number of fused-ring (bicyclic) bond motifs is 1. The zero-order valence-electron chi connectivity index (χ0n) is 12.6. The Balaban J connectivity index is 2.24. The predicted octanol–water partition coefficient (Wildman–Crippen LogP) is 2.92. The Labute approximate surface area is 141 Å². The Bertz CT molecular complexity index is 1080. The summed E-state index contributed by atoms with van der Waals surface area (Å²) >= 11 is 1.11. The van der Waals surface area contributed by atoms with Gasteiger partial charge in [-0.3, -0.25) is 10.1 Å². The van der Waals surface area contributed by atoms with Gasteiger partial charge in [-0.05, 0) is 25.1 Å². The van der Waals surface area contributed by atoms with Gasteiger partial charge in [0.05, 0.1) is 20.0 Å². The second-order valence-electron chi connectivity index (χ2n) is 4.92. The lowest BCUT2D eigenvalue weighted by Gasteiger charge is -2.01. The van der Waals surface area contributed by atoms with Crippen molar-refractivity contribution < 1.29 is 13.3 Å². The zero-order chi connectivity index (χ0) is 17.3. The first-order valence-corrected chi connectivity index (χ1v) is 9.32. The molecule has 0 atom stereocenters. The molecule has 0 spiro atoms. The summed E-state index contributed by atoms with van der Waals surface area (Å²) in [7, 11) is -3.84. The van der Waals surface area contributed by atoms with E-state index in [4.69, 9.17) is 0 Å². The van der Waals surface area contributed by atoms with Crippen molar-refractivity contribution in [2.45, 2.75) is 18.4 Å². The van der Waals surface area contributed by atoms with E-state index in [1.807, 2.05) is 6.92 Å². The van der Waals surface area contributed by atoms with E-state index in [1.165, 1.54) is 24.3 Å². The number of nitro benzene ring substituents is 1. The van der Waals surface area contributed by atoms with Gasteiger partial charge in [-0.2, -0.15) is 8.42 Å². The molecule has 0 aliphatic rings. The average molecular weight is 363 g/mol. The summed E-state index contributed by atoms with van der Waals surface area (Å²) in [5.74, 6) is 0. The van der Waals surface area contributed by atoms with E-state index in [2.05, 4.69) is 4.40 Å². The smallest absolute Gasteiger partial charge is 0.285 e. The number of non-ortho nitro benzene ring substituents is 1. The minimum Gasteiger partial charge on any atom is -0.316 e. The third-order valence-corrected chi connectivity index (χ3v) is 5.87. The lowest BCUT2D eigenvalue weighted by Crippen LogP contribution is -2.16. The quantitative estimate of drug-likeness (QED) is 0.526. The molecule has 24 heavy (non-hydrogen) atoms. The number of hydrogen-bond acceptors (Lipinski definition) is 5. The van der Waals surface area contributed by atoms with Gasteiger partial charge in [0.2, 0.25) is 4.80 Å². The lowest BCUT2D eigenvalue weighted by atomic mass is 10.3. The van der Waals surface area contributed by atoms with E-state index in [1.54, 1.807) is 28.8 Å². The minimum atomic E-state index is -3.84. The fraction of sp³-hybridized carbons (Fsp3) is 0.133. The maximum atomic E-state index is 12.4. The van der Waals surface area contributed by atoms with Crippen LogP contribution in [0.3, 0.4) is 0 Å². The van der Waals surface area contributed by atoms with Crippen LogP contribution >= 0.6 is 11.3 Å². The van der Waals surface area contributed by atoms with Crippen LogP contribution in [0.25, 0.3) is 10.2 Å². The Kier molecular flexibility index (Phi) is 4.20. The van der Waals surface area contributed by atoms with Crippen molar-refractivity contribution in [3.63, 3.8) is 0 Å². The number of nitro groups is 1. The number of nitrogens with zero attached hydrogens (tertiary/aromatic N) is 3. The van der Waals surface area contributed by atoms with Crippen molar-refractivity contribution in [3.05, 3.63) is 63.4 Å². The van der Waals surface area contributed by atoms with Crippen molar-refractivity contribution in [2.75, 3.05) is 0 Å². The molecule has 0 aliphatic carbocycles. The van der Waals surface area contributed by atoms with Gasteiger partial charge in [0.15, 0.2) is 0 Å². The summed E-state index contributed by atoms with van der Waals surface area (Å²) in [6, 6.07) is 12.4. The van der Waals surface area contributed by atoms with Crippen molar-refractivity contribution in [1.29, 1.82) is 0 Å². The van der Waals surface area contributed by atoms with Gasteiger partial charge in [-0.15, -0.1) is 4.40 Å². The molecular weight excluding hydrogens is 350 g/mol. The van der Waals surface area contributed by atoms with E-state index in [0.29, 0.717) is 11.2 Å². The van der Waals surface area contributed by atoms with Gasteiger partial charge in [0.25, 0.3) is 15.7 Å². The highest BCUT2D eigenvalue weighted by atomic mass is 32.2. The predicted molar refractivity (Wildman–Crippen MR) is 91.3 cm³/mol. The van der Waals surface area contributed by atoms with Crippen molar-refractivity contribution in [2.24, 2.45) is 4.40 Å². The molecule has 1 aromatic heterocycles. The Morgan fingerprint density at radius 2 is 1.92 bits per heavy atom. The molecule has 1 heterocycles. The highest BCUT2D eigenvalue weighted by Gasteiger charge is 2.15. The fourth-order valence-electron chi connectivity index (χ4n) is 2.30. The number of aromatic nitrogens is 1. The van der Waals surface area contributed by atoms with E-state index in [0.717, 1.165) is 16.9 Å². The number of benzene rings is 2. The van der Waals surface area contributed by atoms with Crippen molar-refractivity contribution in [3.8, 4) is 0 Å². The fourth-order valence-corrected chi connectivity index (χ4v) is 4.65. The molecule has 2 aromatic carbocycles.